The number of benzene rings is 2. The van der Waals surface area contributed by atoms with Gasteiger partial charge in [0.1, 0.15) is 23.8 Å². The number of methoxy groups -OCH3 is 1. The van der Waals surface area contributed by atoms with Crippen molar-refractivity contribution < 1.29 is 9.84 Å². The van der Waals surface area contributed by atoms with Gasteiger partial charge in [0, 0.05) is 55.3 Å². The molecule has 9 nitrogen and oxygen atoms in total. The van der Waals surface area contributed by atoms with Crippen LogP contribution in [0.4, 0.5) is 11.5 Å². The number of aliphatic hydroxyl groups excluding tert-OH is 1. The Kier molecular flexibility index (Phi) is 7.70. The van der Waals surface area contributed by atoms with E-state index >= 15 is 0 Å². The predicted octanol–water partition coefficient (Wildman–Crippen LogP) is 4.37. The smallest absolute Gasteiger partial charge is 0.162 e. The van der Waals surface area contributed by atoms with E-state index in [2.05, 4.69) is 11.4 Å². The highest BCUT2D eigenvalue weighted by atomic mass is 16.5. The number of rotatable bonds is 9. The minimum absolute atomic E-state index is 0.104. The second-order valence-electron chi connectivity index (χ2n) is 9.12. The molecule has 4 aromatic rings. The minimum atomic E-state index is -0.546. The largest absolute Gasteiger partial charge is 0.497 e. The molecule has 2 N–H and O–H groups in total. The molecule has 0 fully saturated rings. The molecule has 9 heteroatoms. The molecule has 0 spiro atoms. The number of ether oxygens (including phenoxy) is 1. The van der Waals surface area contributed by atoms with Crippen molar-refractivity contribution in [1.82, 2.24) is 19.7 Å². The predicted molar refractivity (Wildman–Crippen MR) is 146 cm³/mol. The summed E-state index contributed by atoms with van der Waals surface area (Å²) in [4.78, 5) is 11.7. The summed E-state index contributed by atoms with van der Waals surface area (Å²) in [5, 5.41) is 27.1. The van der Waals surface area contributed by atoms with Crippen LogP contribution >= 0.6 is 0 Å². The third-order valence-corrected chi connectivity index (χ3v) is 5.78. The fraction of sp³-hybridized carbons (Fsp3) is 0.286. The van der Waals surface area contributed by atoms with Crippen LogP contribution in [0.1, 0.15) is 12.5 Å². The van der Waals surface area contributed by atoms with Gasteiger partial charge >= 0.3 is 0 Å². The summed E-state index contributed by atoms with van der Waals surface area (Å²) in [7, 11) is 5.61. The Hall–Kier alpha value is -4.42. The van der Waals surface area contributed by atoms with Gasteiger partial charge in [-0.25, -0.2) is 9.97 Å². The maximum Gasteiger partial charge on any atom is 0.162 e. The third kappa shape index (κ3) is 6.05. The Labute approximate surface area is 217 Å². The molecule has 37 heavy (non-hydrogen) atoms. The van der Waals surface area contributed by atoms with Crippen LogP contribution in [0.5, 0.6) is 5.75 Å². The van der Waals surface area contributed by atoms with E-state index in [-0.39, 0.29) is 6.54 Å². The number of hydrogen-bond acceptors (Lipinski definition) is 8. The normalized spacial score (nSPS) is 11.6. The van der Waals surface area contributed by atoms with Crippen molar-refractivity contribution in [2.45, 2.75) is 26.5 Å². The van der Waals surface area contributed by atoms with Crippen LogP contribution in [-0.4, -0.2) is 58.7 Å². The summed E-state index contributed by atoms with van der Waals surface area (Å²) in [5.41, 5.74) is 5.91. The van der Waals surface area contributed by atoms with Crippen molar-refractivity contribution >= 4 is 11.5 Å². The van der Waals surface area contributed by atoms with Crippen molar-refractivity contribution in [3.8, 4) is 45.7 Å². The highest BCUT2D eigenvalue weighted by Gasteiger charge is 2.18. The first kappa shape index (κ1) is 25.7. The van der Waals surface area contributed by atoms with E-state index in [1.54, 1.807) is 18.7 Å². The number of aromatic nitrogens is 4. The molecule has 0 radical (unpaired) electrons. The molecule has 2 heterocycles. The average molecular weight is 498 g/mol. The van der Waals surface area contributed by atoms with E-state index < -0.39 is 6.10 Å². The standard InChI is InChI=1S/C28H31N7O2/c1-18-12-21(14-23(13-18)37-5)27-24(17-35(33-27)11-10-29)25-15-26(30-16-19(2)36)32-28(31-25)20-6-8-22(9-7-20)34(3)4/h6-9,12-15,17,19,36H,11,16H2,1-5H3,(H,30,31,32)/t19-/m0/s1. The van der Waals surface area contributed by atoms with Gasteiger partial charge < -0.3 is 20.1 Å². The number of aryl methyl sites for hydroxylation is 1. The summed E-state index contributed by atoms with van der Waals surface area (Å²) in [6.07, 6.45) is 1.28. The first-order chi connectivity index (χ1) is 17.8. The third-order valence-electron chi connectivity index (χ3n) is 5.78. The summed E-state index contributed by atoms with van der Waals surface area (Å²) >= 11 is 0. The van der Waals surface area contributed by atoms with Crippen LogP contribution in [0, 0.1) is 18.3 Å². The molecule has 2 aromatic carbocycles. The molecule has 0 aliphatic rings. The first-order valence-electron chi connectivity index (χ1n) is 12.0. The van der Waals surface area contributed by atoms with Gasteiger partial charge in [-0.3, -0.25) is 4.68 Å². The maximum absolute atomic E-state index is 9.83. The fourth-order valence-electron chi connectivity index (χ4n) is 3.94. The van der Waals surface area contributed by atoms with Crippen molar-refractivity contribution in [1.29, 1.82) is 5.26 Å². The summed E-state index contributed by atoms with van der Waals surface area (Å²) < 4.78 is 7.09. The van der Waals surface area contributed by atoms with Gasteiger partial charge in [0.25, 0.3) is 0 Å². The van der Waals surface area contributed by atoms with Crippen molar-refractivity contribution in [3.63, 3.8) is 0 Å². The Bertz CT molecular complexity index is 1420. The molecule has 2 aromatic heterocycles. The van der Waals surface area contributed by atoms with Crippen LogP contribution in [0.3, 0.4) is 0 Å². The molecule has 0 amide bonds. The van der Waals surface area contributed by atoms with Gasteiger partial charge in [0.15, 0.2) is 5.82 Å². The highest BCUT2D eigenvalue weighted by Crippen LogP contribution is 2.34. The molecule has 190 valence electrons. The minimum Gasteiger partial charge on any atom is -0.497 e. The van der Waals surface area contributed by atoms with Gasteiger partial charge in [-0.05, 0) is 61.9 Å². The average Bonchev–Trinajstić information content (AvgIpc) is 3.31. The van der Waals surface area contributed by atoms with E-state index in [0.717, 1.165) is 33.7 Å². The van der Waals surface area contributed by atoms with E-state index in [0.29, 0.717) is 29.6 Å². The lowest BCUT2D eigenvalue weighted by molar-refractivity contribution is 0.208. The van der Waals surface area contributed by atoms with Gasteiger partial charge in [0.2, 0.25) is 0 Å². The summed E-state index contributed by atoms with van der Waals surface area (Å²) in [6.45, 7) is 4.15. The molecule has 4 rings (SSSR count). The first-order valence-corrected chi connectivity index (χ1v) is 12.0. The Morgan fingerprint density at radius 3 is 2.51 bits per heavy atom. The summed E-state index contributed by atoms with van der Waals surface area (Å²) in [5.74, 6) is 1.84. The zero-order chi connectivity index (χ0) is 26.5. The molecule has 0 aliphatic heterocycles. The molecular weight excluding hydrogens is 466 g/mol. The van der Waals surface area contributed by atoms with Crippen LogP contribution in [0.15, 0.2) is 54.7 Å². The SMILES string of the molecule is COc1cc(C)cc(-c2nn(CC#N)cc2-c2cc(NC[C@H](C)O)nc(-c3ccc(N(C)C)cc3)n2)c1. The highest BCUT2D eigenvalue weighted by molar-refractivity contribution is 5.81. The number of nitrogens with zero attached hydrogens (tertiary/aromatic N) is 6. The number of hydrogen-bond donors (Lipinski definition) is 2. The van der Waals surface area contributed by atoms with Crippen molar-refractivity contribution in [3.05, 3.63) is 60.3 Å². The molecule has 1 atom stereocenters. The number of nitrogens with one attached hydrogen (secondary N) is 1. The van der Waals surface area contributed by atoms with E-state index in [9.17, 15) is 10.4 Å². The van der Waals surface area contributed by atoms with Crippen LogP contribution in [0.2, 0.25) is 0 Å². The van der Waals surface area contributed by atoms with Crippen LogP contribution in [-0.2, 0) is 6.54 Å². The second-order valence-corrected chi connectivity index (χ2v) is 9.12. The van der Waals surface area contributed by atoms with E-state index in [4.69, 9.17) is 19.8 Å². The van der Waals surface area contributed by atoms with Gasteiger partial charge in [-0.2, -0.15) is 10.4 Å². The Balaban J connectivity index is 1.88. The topological polar surface area (TPSA) is 112 Å². The second kappa shape index (κ2) is 11.1. The molecule has 0 saturated carbocycles. The lowest BCUT2D eigenvalue weighted by Gasteiger charge is -2.14. The molecular formula is C28H31N7O2. The summed E-state index contributed by atoms with van der Waals surface area (Å²) in [6, 6.07) is 17.9. The number of nitriles is 1. The lowest BCUT2D eigenvalue weighted by Crippen LogP contribution is -2.16. The molecule has 0 aliphatic carbocycles. The molecule has 0 bridgehead atoms. The zero-order valence-corrected chi connectivity index (χ0v) is 21.7. The van der Waals surface area contributed by atoms with Crippen LogP contribution in [0.25, 0.3) is 33.9 Å². The van der Waals surface area contributed by atoms with E-state index in [1.807, 2.05) is 80.6 Å². The maximum atomic E-state index is 9.83. The number of anilines is 2. The van der Waals surface area contributed by atoms with Gasteiger partial charge in [0.05, 0.1) is 25.0 Å². The molecule has 0 unspecified atom stereocenters. The quantitative estimate of drug-likeness (QED) is 0.351. The molecule has 0 saturated heterocycles. The fourth-order valence-corrected chi connectivity index (χ4v) is 3.94. The van der Waals surface area contributed by atoms with E-state index in [1.165, 1.54) is 0 Å². The van der Waals surface area contributed by atoms with Crippen LogP contribution < -0.4 is 15.0 Å². The Morgan fingerprint density at radius 1 is 1.11 bits per heavy atom. The van der Waals surface area contributed by atoms with Crippen molar-refractivity contribution in [2.75, 3.05) is 38.0 Å². The monoisotopic (exact) mass is 497 g/mol. The van der Waals surface area contributed by atoms with Gasteiger partial charge in [-0.15, -0.1) is 0 Å². The van der Waals surface area contributed by atoms with Gasteiger partial charge in [-0.1, -0.05) is 0 Å². The lowest BCUT2D eigenvalue weighted by atomic mass is 10.0. The van der Waals surface area contributed by atoms with Crippen molar-refractivity contribution in [2.24, 2.45) is 0 Å². The number of aliphatic hydroxyl groups is 1. The zero-order valence-electron chi connectivity index (χ0n) is 21.7. The Morgan fingerprint density at radius 2 is 1.86 bits per heavy atom.